The van der Waals surface area contributed by atoms with Gasteiger partial charge in [0.1, 0.15) is 0 Å². The molecule has 2 aliphatic rings. The molecule has 2 amide bonds. The lowest BCUT2D eigenvalue weighted by Crippen LogP contribution is -2.39. The van der Waals surface area contributed by atoms with Crippen LogP contribution in [0.25, 0.3) is 10.9 Å². The van der Waals surface area contributed by atoms with Crippen LogP contribution in [0.2, 0.25) is 0 Å². The van der Waals surface area contributed by atoms with Gasteiger partial charge in [-0.3, -0.25) is 19.6 Å². The lowest BCUT2D eigenvalue weighted by molar-refractivity contribution is -0.134. The first-order valence-corrected chi connectivity index (χ1v) is 10.0. The Labute approximate surface area is 160 Å². The van der Waals surface area contributed by atoms with E-state index < -0.39 is 0 Å². The van der Waals surface area contributed by atoms with Crippen LogP contribution in [0.1, 0.15) is 62.6 Å². The maximum absolute atomic E-state index is 12.2. The van der Waals surface area contributed by atoms with Crippen molar-refractivity contribution >= 4 is 22.7 Å². The molecule has 1 aromatic carbocycles. The molecule has 27 heavy (non-hydrogen) atoms. The maximum Gasteiger partial charge on any atom is 0.235 e. The third-order valence-electron chi connectivity index (χ3n) is 5.66. The molecule has 0 spiro atoms. The zero-order valence-corrected chi connectivity index (χ0v) is 16.8. The minimum Gasteiger partial charge on any atom is -0.306 e. The number of rotatable bonds is 2. The van der Waals surface area contributed by atoms with Gasteiger partial charge in [0.15, 0.2) is 0 Å². The van der Waals surface area contributed by atoms with Gasteiger partial charge in [-0.25, -0.2) is 0 Å². The second kappa shape index (κ2) is 8.21. The Kier molecular flexibility index (Phi) is 5.95. The third-order valence-corrected chi connectivity index (χ3v) is 5.66. The Morgan fingerprint density at radius 2 is 1.78 bits per heavy atom. The van der Waals surface area contributed by atoms with E-state index >= 15 is 0 Å². The zero-order valence-electron chi connectivity index (χ0n) is 16.8. The Bertz CT molecular complexity index is 834. The van der Waals surface area contributed by atoms with Crippen LogP contribution in [-0.2, 0) is 16.6 Å². The molecule has 1 N–H and O–H groups in total. The van der Waals surface area contributed by atoms with Gasteiger partial charge in [0.25, 0.3) is 0 Å². The number of aromatic nitrogens is 2. The number of fused-ring (bicyclic) bond motifs is 1. The van der Waals surface area contributed by atoms with Crippen LogP contribution in [0, 0.1) is 0 Å². The van der Waals surface area contributed by atoms with Crippen molar-refractivity contribution in [1.82, 2.24) is 20.0 Å². The first kappa shape index (κ1) is 19.5. The number of carbonyl (C=O) groups excluding carboxylic acids is 2. The standard InChI is InChI=1S/C19H24N4O2.C2H6/c1-22-9-7-12(8-10-22)13-3-4-14-16(11-13)23(2)21-18(14)15-5-6-17(24)20-19(15)25;1-2/h3-4,11-12,15H,5-10H2,1-2H3,(H,20,24,25);1-2H3. The van der Waals surface area contributed by atoms with Crippen molar-refractivity contribution in [2.45, 2.75) is 51.4 Å². The molecule has 2 aliphatic heterocycles. The van der Waals surface area contributed by atoms with E-state index in [9.17, 15) is 9.59 Å². The van der Waals surface area contributed by atoms with E-state index in [-0.39, 0.29) is 17.7 Å². The fourth-order valence-electron chi connectivity index (χ4n) is 4.11. The number of hydrogen-bond donors (Lipinski definition) is 1. The fourth-order valence-corrected chi connectivity index (χ4v) is 4.11. The summed E-state index contributed by atoms with van der Waals surface area (Å²) in [5.74, 6) is -0.160. The Morgan fingerprint density at radius 3 is 2.44 bits per heavy atom. The van der Waals surface area contributed by atoms with Crippen molar-refractivity contribution in [3.8, 4) is 0 Å². The highest BCUT2D eigenvalue weighted by molar-refractivity contribution is 6.02. The fraction of sp³-hybridized carbons (Fsp3) is 0.571. The number of carbonyl (C=O) groups is 2. The molecule has 3 heterocycles. The van der Waals surface area contributed by atoms with Gasteiger partial charge < -0.3 is 4.90 Å². The van der Waals surface area contributed by atoms with Crippen molar-refractivity contribution in [2.24, 2.45) is 7.05 Å². The third kappa shape index (κ3) is 3.90. The average Bonchev–Trinajstić information content (AvgIpc) is 3.00. The van der Waals surface area contributed by atoms with E-state index in [1.807, 2.05) is 25.6 Å². The SMILES string of the molecule is CC.CN1CCC(c2ccc3c(C4CCC(=O)NC4=O)nn(C)c3c2)CC1. The van der Waals surface area contributed by atoms with Gasteiger partial charge in [-0.15, -0.1) is 0 Å². The molecular formula is C21H30N4O2. The van der Waals surface area contributed by atoms with Crippen LogP contribution in [0.4, 0.5) is 0 Å². The van der Waals surface area contributed by atoms with Crippen molar-refractivity contribution < 1.29 is 9.59 Å². The van der Waals surface area contributed by atoms with Crippen molar-refractivity contribution in [1.29, 1.82) is 0 Å². The molecule has 0 radical (unpaired) electrons. The molecule has 2 saturated heterocycles. The lowest BCUT2D eigenvalue weighted by atomic mass is 9.88. The molecule has 2 aromatic rings. The smallest absolute Gasteiger partial charge is 0.235 e. The molecule has 1 unspecified atom stereocenters. The van der Waals surface area contributed by atoms with Gasteiger partial charge in [-0.05, 0) is 56.9 Å². The number of nitrogens with one attached hydrogen (secondary N) is 1. The van der Waals surface area contributed by atoms with E-state index in [1.54, 1.807) is 0 Å². The Balaban J connectivity index is 0.00000102. The Hall–Kier alpha value is -2.21. The van der Waals surface area contributed by atoms with Crippen molar-refractivity contribution in [3.63, 3.8) is 0 Å². The highest BCUT2D eigenvalue weighted by Gasteiger charge is 2.31. The van der Waals surface area contributed by atoms with Crippen LogP contribution < -0.4 is 5.32 Å². The lowest BCUT2D eigenvalue weighted by Gasteiger charge is -2.29. The summed E-state index contributed by atoms with van der Waals surface area (Å²) < 4.78 is 1.87. The number of benzene rings is 1. The quantitative estimate of drug-likeness (QED) is 0.826. The van der Waals surface area contributed by atoms with Gasteiger partial charge in [0.2, 0.25) is 11.8 Å². The van der Waals surface area contributed by atoms with E-state index in [1.165, 1.54) is 18.4 Å². The molecule has 1 atom stereocenters. The summed E-state index contributed by atoms with van der Waals surface area (Å²) in [4.78, 5) is 26.0. The average molecular weight is 370 g/mol. The molecule has 1 aromatic heterocycles. The molecule has 6 nitrogen and oxygen atoms in total. The van der Waals surface area contributed by atoms with E-state index in [2.05, 4.69) is 40.6 Å². The number of piperidine rings is 2. The normalized spacial score (nSPS) is 21.7. The number of imide groups is 1. The first-order valence-electron chi connectivity index (χ1n) is 10.0. The summed E-state index contributed by atoms with van der Waals surface area (Å²) >= 11 is 0. The van der Waals surface area contributed by atoms with Crippen LogP contribution in [0.15, 0.2) is 18.2 Å². The highest BCUT2D eigenvalue weighted by Crippen LogP contribution is 2.34. The monoisotopic (exact) mass is 370 g/mol. The summed E-state index contributed by atoms with van der Waals surface area (Å²) in [6.45, 7) is 6.27. The van der Waals surface area contributed by atoms with Gasteiger partial charge in [-0.1, -0.05) is 26.0 Å². The summed E-state index contributed by atoms with van der Waals surface area (Å²) in [6, 6.07) is 6.53. The minimum absolute atomic E-state index is 0.189. The minimum atomic E-state index is -0.337. The van der Waals surface area contributed by atoms with E-state index in [4.69, 9.17) is 0 Å². The predicted molar refractivity (Wildman–Crippen MR) is 107 cm³/mol. The summed E-state index contributed by atoms with van der Waals surface area (Å²) in [6.07, 6.45) is 3.27. The number of likely N-dealkylation sites (tertiary alicyclic amines) is 1. The van der Waals surface area contributed by atoms with Crippen molar-refractivity contribution in [3.05, 3.63) is 29.5 Å². The second-order valence-electron chi connectivity index (χ2n) is 7.37. The summed E-state index contributed by atoms with van der Waals surface area (Å²) in [7, 11) is 4.10. The molecule has 0 bridgehead atoms. The van der Waals surface area contributed by atoms with Gasteiger partial charge in [-0.2, -0.15) is 5.10 Å². The number of hydrogen-bond acceptors (Lipinski definition) is 4. The molecule has 2 fully saturated rings. The van der Waals surface area contributed by atoms with Gasteiger partial charge in [0, 0.05) is 18.9 Å². The van der Waals surface area contributed by atoms with Crippen LogP contribution in [0.5, 0.6) is 0 Å². The Morgan fingerprint density at radius 1 is 1.07 bits per heavy atom. The zero-order chi connectivity index (χ0) is 19.6. The number of aryl methyl sites for hydroxylation is 1. The van der Waals surface area contributed by atoms with Crippen LogP contribution in [-0.4, -0.2) is 46.6 Å². The topological polar surface area (TPSA) is 67.2 Å². The van der Waals surface area contributed by atoms with E-state index in [0.717, 1.165) is 29.7 Å². The summed E-state index contributed by atoms with van der Waals surface area (Å²) in [5.41, 5.74) is 3.21. The molecule has 4 rings (SSSR count). The van der Waals surface area contributed by atoms with E-state index in [0.29, 0.717) is 18.8 Å². The molecule has 146 valence electrons. The van der Waals surface area contributed by atoms with Crippen LogP contribution >= 0.6 is 0 Å². The first-order chi connectivity index (χ1) is 13.0. The molecule has 0 saturated carbocycles. The van der Waals surface area contributed by atoms with Gasteiger partial charge in [0.05, 0.1) is 17.1 Å². The molecular weight excluding hydrogens is 340 g/mol. The summed E-state index contributed by atoms with van der Waals surface area (Å²) in [5, 5.41) is 8.08. The molecule has 0 aliphatic carbocycles. The maximum atomic E-state index is 12.2. The molecule has 6 heteroatoms. The second-order valence-corrected chi connectivity index (χ2v) is 7.37. The van der Waals surface area contributed by atoms with Crippen LogP contribution in [0.3, 0.4) is 0 Å². The number of amides is 2. The van der Waals surface area contributed by atoms with Gasteiger partial charge >= 0.3 is 0 Å². The van der Waals surface area contributed by atoms with Crippen molar-refractivity contribution in [2.75, 3.05) is 20.1 Å². The predicted octanol–water partition coefficient (Wildman–Crippen LogP) is 2.93. The highest BCUT2D eigenvalue weighted by atomic mass is 16.2. The largest absolute Gasteiger partial charge is 0.306 e. The number of nitrogens with zero attached hydrogens (tertiary/aromatic N) is 3.